The van der Waals surface area contributed by atoms with Crippen LogP contribution in [0.4, 0.5) is 0 Å². The molecule has 0 aliphatic rings. The van der Waals surface area contributed by atoms with Gasteiger partial charge in [-0.3, -0.25) is 0 Å². The van der Waals surface area contributed by atoms with Crippen molar-refractivity contribution in [3.8, 4) is 5.75 Å². The Hall–Kier alpha value is -2.21. The maximum atomic E-state index is 5.35. The summed E-state index contributed by atoms with van der Waals surface area (Å²) in [6.07, 6.45) is 3.98. The standard InChI is InChI=1S/C16H18N4OS/c1-16(2,3)14-17-18-15-20(14)19-13(22-15)10-9-11-7-5-6-8-12(11)21-4/h5-10H,1-4H3/b10-9+. The summed E-state index contributed by atoms with van der Waals surface area (Å²) in [6.45, 7) is 6.31. The summed E-state index contributed by atoms with van der Waals surface area (Å²) in [5.74, 6) is 1.72. The van der Waals surface area contributed by atoms with Crippen LogP contribution in [-0.4, -0.2) is 26.9 Å². The molecule has 0 spiro atoms. The number of fused-ring (bicyclic) bond motifs is 1. The highest BCUT2D eigenvalue weighted by atomic mass is 32.1. The third kappa shape index (κ3) is 2.74. The van der Waals surface area contributed by atoms with Crippen molar-refractivity contribution < 1.29 is 4.74 Å². The van der Waals surface area contributed by atoms with Crippen molar-refractivity contribution in [1.82, 2.24) is 19.8 Å². The minimum absolute atomic E-state index is 0.0862. The van der Waals surface area contributed by atoms with Crippen molar-refractivity contribution in [3.63, 3.8) is 0 Å². The van der Waals surface area contributed by atoms with Gasteiger partial charge in [-0.05, 0) is 18.2 Å². The number of para-hydroxylation sites is 1. The van der Waals surface area contributed by atoms with Crippen molar-refractivity contribution in [1.29, 1.82) is 0 Å². The van der Waals surface area contributed by atoms with Gasteiger partial charge in [-0.1, -0.05) is 50.3 Å². The summed E-state index contributed by atoms with van der Waals surface area (Å²) in [6, 6.07) is 7.89. The predicted octanol–water partition coefficient (Wildman–Crippen LogP) is 3.66. The number of ether oxygens (including phenoxy) is 1. The number of hydrogen-bond donors (Lipinski definition) is 0. The molecular weight excluding hydrogens is 296 g/mol. The summed E-state index contributed by atoms with van der Waals surface area (Å²) >= 11 is 1.52. The van der Waals surface area contributed by atoms with Gasteiger partial charge >= 0.3 is 0 Å². The molecule has 0 N–H and O–H groups in total. The number of hydrogen-bond acceptors (Lipinski definition) is 5. The normalized spacial score (nSPS) is 12.4. The van der Waals surface area contributed by atoms with Gasteiger partial charge < -0.3 is 4.74 Å². The van der Waals surface area contributed by atoms with Crippen LogP contribution in [0, 0.1) is 0 Å². The fraction of sp³-hybridized carbons (Fsp3) is 0.312. The molecule has 0 unspecified atom stereocenters. The second kappa shape index (κ2) is 5.53. The molecule has 3 rings (SSSR count). The summed E-state index contributed by atoms with van der Waals surface area (Å²) in [7, 11) is 1.67. The van der Waals surface area contributed by atoms with E-state index in [1.165, 1.54) is 11.3 Å². The van der Waals surface area contributed by atoms with Crippen molar-refractivity contribution in [2.24, 2.45) is 0 Å². The molecule has 0 amide bonds. The van der Waals surface area contributed by atoms with Crippen molar-refractivity contribution in [2.45, 2.75) is 26.2 Å². The van der Waals surface area contributed by atoms with Gasteiger partial charge in [0.2, 0.25) is 4.96 Å². The van der Waals surface area contributed by atoms with E-state index in [0.29, 0.717) is 0 Å². The van der Waals surface area contributed by atoms with E-state index < -0.39 is 0 Å². The van der Waals surface area contributed by atoms with E-state index in [2.05, 4.69) is 36.1 Å². The van der Waals surface area contributed by atoms with E-state index in [-0.39, 0.29) is 5.41 Å². The van der Waals surface area contributed by atoms with Gasteiger partial charge in [0.1, 0.15) is 10.8 Å². The molecule has 0 aliphatic carbocycles. The van der Waals surface area contributed by atoms with Crippen LogP contribution in [0.5, 0.6) is 5.75 Å². The predicted molar refractivity (Wildman–Crippen MR) is 89.3 cm³/mol. The molecule has 3 aromatic rings. The lowest BCUT2D eigenvalue weighted by atomic mass is 9.96. The van der Waals surface area contributed by atoms with Crippen LogP contribution in [0.15, 0.2) is 24.3 Å². The van der Waals surface area contributed by atoms with Crippen LogP contribution < -0.4 is 4.74 Å². The first kappa shape index (κ1) is 14.7. The van der Waals surface area contributed by atoms with Gasteiger partial charge in [0.25, 0.3) is 0 Å². The third-order valence-electron chi connectivity index (χ3n) is 3.22. The first-order chi connectivity index (χ1) is 10.5. The summed E-state index contributed by atoms with van der Waals surface area (Å²) < 4.78 is 7.17. The molecule has 0 saturated carbocycles. The van der Waals surface area contributed by atoms with Crippen LogP contribution >= 0.6 is 11.3 Å². The lowest BCUT2D eigenvalue weighted by Gasteiger charge is -2.13. The average Bonchev–Trinajstić information content (AvgIpc) is 3.04. The molecule has 114 valence electrons. The highest BCUT2D eigenvalue weighted by molar-refractivity contribution is 7.17. The smallest absolute Gasteiger partial charge is 0.234 e. The maximum absolute atomic E-state index is 5.35. The first-order valence-corrected chi connectivity index (χ1v) is 7.84. The quantitative estimate of drug-likeness (QED) is 0.740. The molecule has 0 atom stereocenters. The van der Waals surface area contributed by atoms with Crippen LogP contribution in [0.2, 0.25) is 0 Å². The van der Waals surface area contributed by atoms with Gasteiger partial charge in [0.15, 0.2) is 5.82 Å². The maximum Gasteiger partial charge on any atom is 0.234 e. The van der Waals surface area contributed by atoms with Crippen molar-refractivity contribution >= 4 is 28.4 Å². The largest absolute Gasteiger partial charge is 0.496 e. The molecule has 2 aromatic heterocycles. The Bertz CT molecular complexity index is 826. The van der Waals surface area contributed by atoms with E-state index in [1.807, 2.05) is 40.9 Å². The Morgan fingerprint density at radius 3 is 2.64 bits per heavy atom. The average molecular weight is 314 g/mol. The molecule has 0 aliphatic heterocycles. The lowest BCUT2D eigenvalue weighted by molar-refractivity contribution is 0.414. The van der Waals surface area contributed by atoms with Gasteiger partial charge in [0, 0.05) is 11.0 Å². The Kier molecular flexibility index (Phi) is 3.70. The minimum atomic E-state index is -0.0862. The lowest BCUT2D eigenvalue weighted by Crippen LogP contribution is -2.16. The SMILES string of the molecule is COc1ccccc1/C=C/c1nn2c(C(C)(C)C)nnc2s1. The molecule has 6 heteroatoms. The molecule has 0 saturated heterocycles. The van der Waals surface area contributed by atoms with E-state index in [4.69, 9.17) is 4.74 Å². The number of nitrogens with zero attached hydrogens (tertiary/aromatic N) is 4. The Morgan fingerprint density at radius 2 is 1.91 bits per heavy atom. The monoisotopic (exact) mass is 314 g/mol. The molecule has 22 heavy (non-hydrogen) atoms. The summed E-state index contributed by atoms with van der Waals surface area (Å²) in [5, 5.41) is 13.9. The van der Waals surface area contributed by atoms with E-state index >= 15 is 0 Å². The number of benzene rings is 1. The van der Waals surface area contributed by atoms with Gasteiger partial charge in [0.05, 0.1) is 7.11 Å². The van der Waals surface area contributed by atoms with Crippen LogP contribution in [-0.2, 0) is 5.41 Å². The zero-order valence-electron chi connectivity index (χ0n) is 13.1. The van der Waals surface area contributed by atoms with Crippen molar-refractivity contribution in [3.05, 3.63) is 40.7 Å². The molecule has 0 radical (unpaired) electrons. The number of aromatic nitrogens is 4. The zero-order chi connectivity index (χ0) is 15.7. The minimum Gasteiger partial charge on any atom is -0.496 e. The molecule has 2 heterocycles. The van der Waals surface area contributed by atoms with Crippen LogP contribution in [0.3, 0.4) is 0 Å². The fourth-order valence-corrected chi connectivity index (χ4v) is 2.87. The molecule has 0 fully saturated rings. The van der Waals surface area contributed by atoms with E-state index in [9.17, 15) is 0 Å². The van der Waals surface area contributed by atoms with Gasteiger partial charge in [-0.25, -0.2) is 0 Å². The zero-order valence-corrected chi connectivity index (χ0v) is 13.9. The Morgan fingerprint density at radius 1 is 1.14 bits per heavy atom. The highest BCUT2D eigenvalue weighted by Gasteiger charge is 2.22. The van der Waals surface area contributed by atoms with Crippen LogP contribution in [0.25, 0.3) is 17.1 Å². The fourth-order valence-electron chi connectivity index (χ4n) is 2.13. The highest BCUT2D eigenvalue weighted by Crippen LogP contribution is 2.25. The number of rotatable bonds is 3. The van der Waals surface area contributed by atoms with Gasteiger partial charge in [-0.2, -0.15) is 9.61 Å². The second-order valence-corrected chi connectivity index (χ2v) is 6.97. The van der Waals surface area contributed by atoms with Gasteiger partial charge in [-0.15, -0.1) is 10.2 Å². The Balaban J connectivity index is 1.95. The molecule has 5 nitrogen and oxygen atoms in total. The van der Waals surface area contributed by atoms with Crippen LogP contribution in [0.1, 0.15) is 37.2 Å². The molecule has 1 aromatic carbocycles. The Labute approximate surface area is 133 Å². The van der Waals surface area contributed by atoms with Crippen molar-refractivity contribution in [2.75, 3.05) is 7.11 Å². The third-order valence-corrected chi connectivity index (χ3v) is 4.09. The van der Waals surface area contributed by atoms with E-state index in [1.54, 1.807) is 7.11 Å². The summed E-state index contributed by atoms with van der Waals surface area (Å²) in [4.78, 5) is 0.810. The summed E-state index contributed by atoms with van der Waals surface area (Å²) in [5.41, 5.74) is 0.934. The van der Waals surface area contributed by atoms with E-state index in [0.717, 1.165) is 27.1 Å². The second-order valence-electron chi connectivity index (χ2n) is 5.98. The first-order valence-electron chi connectivity index (χ1n) is 7.03. The topological polar surface area (TPSA) is 52.3 Å². The molecule has 0 bridgehead atoms. The molecular formula is C16H18N4OS. The number of methoxy groups -OCH3 is 1.